The Balaban J connectivity index is 2.65. The van der Waals surface area contributed by atoms with Gasteiger partial charge in [-0.25, -0.2) is 0 Å². The second-order valence-electron chi connectivity index (χ2n) is 4.82. The minimum Gasteiger partial charge on any atom is -0.370 e. The lowest BCUT2D eigenvalue weighted by Gasteiger charge is -2.28. The van der Waals surface area contributed by atoms with Crippen molar-refractivity contribution in [1.82, 2.24) is 4.90 Å². The summed E-state index contributed by atoms with van der Waals surface area (Å²) in [6.07, 6.45) is 4.93. The zero-order valence-electron chi connectivity index (χ0n) is 9.58. The largest absolute Gasteiger partial charge is 0.370 e. The maximum atomic E-state index is 11.7. The van der Waals surface area contributed by atoms with Crippen LogP contribution in [0.15, 0.2) is 0 Å². The number of amides is 2. The van der Waals surface area contributed by atoms with Crippen molar-refractivity contribution in [3.63, 3.8) is 0 Å². The van der Waals surface area contributed by atoms with Crippen LogP contribution in [-0.2, 0) is 9.59 Å². The van der Waals surface area contributed by atoms with Crippen molar-refractivity contribution in [2.24, 2.45) is 11.1 Å². The monoisotopic (exact) mass is 212 g/mol. The first-order valence-electron chi connectivity index (χ1n) is 5.44. The summed E-state index contributed by atoms with van der Waals surface area (Å²) in [4.78, 5) is 24.3. The molecule has 2 N–H and O–H groups in total. The van der Waals surface area contributed by atoms with Crippen LogP contribution in [0, 0.1) is 5.41 Å². The van der Waals surface area contributed by atoms with E-state index in [0.717, 1.165) is 25.7 Å². The molecule has 0 saturated heterocycles. The van der Waals surface area contributed by atoms with Gasteiger partial charge >= 0.3 is 0 Å². The molecule has 0 bridgehead atoms. The molecule has 0 atom stereocenters. The third-order valence-electron chi connectivity index (χ3n) is 3.24. The molecule has 0 heterocycles. The predicted octanol–water partition coefficient (Wildman–Crippen LogP) is 0.900. The Morgan fingerprint density at radius 2 is 1.73 bits per heavy atom. The molecule has 86 valence electrons. The van der Waals surface area contributed by atoms with Gasteiger partial charge in [-0.1, -0.05) is 12.8 Å². The van der Waals surface area contributed by atoms with E-state index in [0.29, 0.717) is 12.8 Å². The Hall–Kier alpha value is -1.06. The number of carbonyl (C=O) groups excluding carboxylic acids is 2. The van der Waals surface area contributed by atoms with Crippen LogP contribution in [0.1, 0.15) is 38.5 Å². The minimum atomic E-state index is -0.288. The van der Waals surface area contributed by atoms with Gasteiger partial charge in [0.25, 0.3) is 0 Å². The molecule has 0 unspecified atom stereocenters. The molecule has 0 aromatic heterocycles. The third kappa shape index (κ3) is 3.22. The first-order chi connectivity index (χ1) is 6.95. The van der Waals surface area contributed by atoms with E-state index < -0.39 is 0 Å². The molecule has 2 amide bonds. The Kier molecular flexibility index (Phi) is 3.72. The van der Waals surface area contributed by atoms with Gasteiger partial charge in [0.05, 0.1) is 0 Å². The quantitative estimate of drug-likeness (QED) is 0.752. The molecule has 15 heavy (non-hydrogen) atoms. The molecule has 0 radical (unpaired) electrons. The summed E-state index contributed by atoms with van der Waals surface area (Å²) >= 11 is 0. The summed E-state index contributed by atoms with van der Waals surface area (Å²) in [7, 11) is 3.49. The molecule has 0 spiro atoms. The van der Waals surface area contributed by atoms with Gasteiger partial charge in [0, 0.05) is 26.9 Å². The fraction of sp³-hybridized carbons (Fsp3) is 0.818. The Morgan fingerprint density at radius 1 is 1.20 bits per heavy atom. The van der Waals surface area contributed by atoms with Crippen LogP contribution in [0.25, 0.3) is 0 Å². The number of primary amides is 1. The summed E-state index contributed by atoms with van der Waals surface area (Å²) < 4.78 is 0. The molecule has 1 fully saturated rings. The SMILES string of the molecule is CN(C)C(=O)CC1(CC(N)=O)CCCC1. The van der Waals surface area contributed by atoms with E-state index in [1.807, 2.05) is 0 Å². The fourth-order valence-electron chi connectivity index (χ4n) is 2.39. The van der Waals surface area contributed by atoms with Crippen LogP contribution in [-0.4, -0.2) is 30.8 Å². The number of nitrogens with zero attached hydrogens (tertiary/aromatic N) is 1. The minimum absolute atomic E-state index is 0.0955. The number of rotatable bonds is 4. The average molecular weight is 212 g/mol. The molecule has 0 aromatic carbocycles. The molecule has 4 nitrogen and oxygen atoms in total. The van der Waals surface area contributed by atoms with Crippen molar-refractivity contribution in [1.29, 1.82) is 0 Å². The fourth-order valence-corrected chi connectivity index (χ4v) is 2.39. The Bertz CT molecular complexity index is 255. The maximum absolute atomic E-state index is 11.7. The van der Waals surface area contributed by atoms with Gasteiger partial charge in [-0.3, -0.25) is 9.59 Å². The summed E-state index contributed by atoms with van der Waals surface area (Å²) in [5.74, 6) is -0.193. The smallest absolute Gasteiger partial charge is 0.222 e. The summed E-state index contributed by atoms with van der Waals surface area (Å²) in [6, 6.07) is 0. The molecule has 1 aliphatic rings. The molecule has 1 rings (SSSR count). The summed E-state index contributed by atoms with van der Waals surface area (Å²) in [5, 5.41) is 0. The lowest BCUT2D eigenvalue weighted by molar-refractivity contribution is -0.132. The van der Waals surface area contributed by atoms with E-state index in [2.05, 4.69) is 0 Å². The van der Waals surface area contributed by atoms with E-state index in [-0.39, 0.29) is 17.2 Å². The highest BCUT2D eigenvalue weighted by atomic mass is 16.2. The lowest BCUT2D eigenvalue weighted by atomic mass is 9.79. The Labute approximate surface area is 90.8 Å². The standard InChI is InChI=1S/C11H20N2O2/c1-13(2)10(15)8-11(7-9(12)14)5-3-4-6-11/h3-8H2,1-2H3,(H2,12,14). The van der Waals surface area contributed by atoms with Gasteiger partial charge in [0.15, 0.2) is 0 Å². The van der Waals surface area contributed by atoms with Gasteiger partial charge < -0.3 is 10.6 Å². The van der Waals surface area contributed by atoms with Crippen molar-refractivity contribution in [2.75, 3.05) is 14.1 Å². The zero-order chi connectivity index (χ0) is 11.5. The van der Waals surface area contributed by atoms with Crippen molar-refractivity contribution in [3.05, 3.63) is 0 Å². The van der Waals surface area contributed by atoms with Gasteiger partial charge in [-0.15, -0.1) is 0 Å². The van der Waals surface area contributed by atoms with Crippen molar-refractivity contribution >= 4 is 11.8 Å². The second-order valence-corrected chi connectivity index (χ2v) is 4.82. The van der Waals surface area contributed by atoms with Crippen LogP contribution in [0.4, 0.5) is 0 Å². The van der Waals surface area contributed by atoms with Crippen LogP contribution < -0.4 is 5.73 Å². The Morgan fingerprint density at radius 3 is 2.13 bits per heavy atom. The van der Waals surface area contributed by atoms with Crippen molar-refractivity contribution in [2.45, 2.75) is 38.5 Å². The molecular formula is C11H20N2O2. The molecule has 4 heteroatoms. The average Bonchev–Trinajstić information content (AvgIpc) is 2.51. The maximum Gasteiger partial charge on any atom is 0.222 e. The van der Waals surface area contributed by atoms with Crippen molar-refractivity contribution < 1.29 is 9.59 Å². The molecule has 1 aliphatic carbocycles. The van der Waals surface area contributed by atoms with Gasteiger partial charge in [-0.2, -0.15) is 0 Å². The third-order valence-corrected chi connectivity index (χ3v) is 3.24. The first-order valence-corrected chi connectivity index (χ1v) is 5.44. The van der Waals surface area contributed by atoms with E-state index in [9.17, 15) is 9.59 Å². The molecular weight excluding hydrogens is 192 g/mol. The highest BCUT2D eigenvalue weighted by molar-refractivity contribution is 5.79. The summed E-state index contributed by atoms with van der Waals surface area (Å²) in [6.45, 7) is 0. The van der Waals surface area contributed by atoms with Crippen LogP contribution >= 0.6 is 0 Å². The highest BCUT2D eigenvalue weighted by Gasteiger charge is 2.37. The number of nitrogens with two attached hydrogens (primary N) is 1. The summed E-state index contributed by atoms with van der Waals surface area (Å²) in [5.41, 5.74) is 5.10. The van der Waals surface area contributed by atoms with Crippen LogP contribution in [0.3, 0.4) is 0 Å². The van der Waals surface area contributed by atoms with Crippen LogP contribution in [0.5, 0.6) is 0 Å². The first kappa shape index (κ1) is 12.0. The van der Waals surface area contributed by atoms with E-state index in [4.69, 9.17) is 5.73 Å². The number of carbonyl (C=O) groups is 2. The molecule has 1 saturated carbocycles. The predicted molar refractivity (Wildman–Crippen MR) is 58.0 cm³/mol. The normalized spacial score (nSPS) is 18.8. The highest BCUT2D eigenvalue weighted by Crippen LogP contribution is 2.44. The van der Waals surface area contributed by atoms with Crippen molar-refractivity contribution in [3.8, 4) is 0 Å². The van der Waals surface area contributed by atoms with Gasteiger partial charge in [0.1, 0.15) is 0 Å². The van der Waals surface area contributed by atoms with Gasteiger partial charge in [0.2, 0.25) is 11.8 Å². The topological polar surface area (TPSA) is 63.4 Å². The van der Waals surface area contributed by atoms with Crippen LogP contribution in [0.2, 0.25) is 0 Å². The lowest BCUT2D eigenvalue weighted by Crippen LogP contribution is -2.32. The number of hydrogen-bond donors (Lipinski definition) is 1. The zero-order valence-corrected chi connectivity index (χ0v) is 9.58. The van der Waals surface area contributed by atoms with E-state index in [1.54, 1.807) is 19.0 Å². The molecule has 0 aromatic rings. The second kappa shape index (κ2) is 4.64. The van der Waals surface area contributed by atoms with Gasteiger partial charge in [-0.05, 0) is 18.3 Å². The van der Waals surface area contributed by atoms with E-state index >= 15 is 0 Å². The van der Waals surface area contributed by atoms with E-state index in [1.165, 1.54) is 0 Å². The number of hydrogen-bond acceptors (Lipinski definition) is 2. The molecule has 0 aliphatic heterocycles.